The Hall–Kier alpha value is -0.730. The number of aryl methyl sites for hydroxylation is 2. The number of benzene rings is 2. The average Bonchev–Trinajstić information content (AvgIpc) is 2.39. The van der Waals surface area contributed by atoms with Crippen LogP contribution < -0.4 is 5.32 Å². The third-order valence-electron chi connectivity index (χ3n) is 3.50. The summed E-state index contributed by atoms with van der Waals surface area (Å²) in [6, 6.07) is 9.43. The van der Waals surface area contributed by atoms with Gasteiger partial charge in [0.05, 0.1) is 6.04 Å². The number of hydrogen-bond acceptors (Lipinski definition) is 1. The summed E-state index contributed by atoms with van der Waals surface area (Å²) in [5.41, 5.74) is 4.18. The van der Waals surface area contributed by atoms with E-state index < -0.39 is 0 Å². The van der Waals surface area contributed by atoms with Gasteiger partial charge in [0.2, 0.25) is 0 Å². The van der Waals surface area contributed by atoms with Crippen LogP contribution in [-0.2, 0) is 0 Å². The molecular formula is C16H16Cl3N. The lowest BCUT2D eigenvalue weighted by Crippen LogP contribution is -2.19. The van der Waals surface area contributed by atoms with E-state index in [1.54, 1.807) is 0 Å². The van der Waals surface area contributed by atoms with Crippen molar-refractivity contribution in [1.82, 2.24) is 5.32 Å². The van der Waals surface area contributed by atoms with Crippen molar-refractivity contribution in [2.24, 2.45) is 0 Å². The zero-order valence-corrected chi connectivity index (χ0v) is 13.9. The lowest BCUT2D eigenvalue weighted by Gasteiger charge is -2.22. The van der Waals surface area contributed by atoms with Gasteiger partial charge in [-0.3, -0.25) is 0 Å². The van der Waals surface area contributed by atoms with Crippen LogP contribution in [0.3, 0.4) is 0 Å². The number of nitrogens with one attached hydrogen (secondary N) is 1. The van der Waals surface area contributed by atoms with Gasteiger partial charge in [-0.25, -0.2) is 0 Å². The maximum absolute atomic E-state index is 6.40. The van der Waals surface area contributed by atoms with E-state index in [1.807, 2.05) is 38.2 Å². The molecule has 20 heavy (non-hydrogen) atoms. The first-order chi connectivity index (χ1) is 9.45. The molecule has 1 unspecified atom stereocenters. The van der Waals surface area contributed by atoms with Gasteiger partial charge in [-0.15, -0.1) is 0 Å². The quantitative estimate of drug-likeness (QED) is 0.776. The van der Waals surface area contributed by atoms with E-state index in [-0.39, 0.29) is 6.04 Å². The van der Waals surface area contributed by atoms with Crippen LogP contribution in [-0.4, -0.2) is 7.05 Å². The highest BCUT2D eigenvalue weighted by atomic mass is 35.5. The Morgan fingerprint density at radius 3 is 2.00 bits per heavy atom. The van der Waals surface area contributed by atoms with Crippen LogP contribution in [0.4, 0.5) is 0 Å². The topological polar surface area (TPSA) is 12.0 Å². The normalized spacial score (nSPS) is 12.5. The first-order valence-corrected chi connectivity index (χ1v) is 7.47. The highest BCUT2D eigenvalue weighted by Gasteiger charge is 2.21. The number of rotatable bonds is 3. The molecule has 0 heterocycles. The molecule has 0 aliphatic carbocycles. The molecule has 0 aliphatic heterocycles. The SMILES string of the molecule is CNC(c1cc(C)c(C)cc1Cl)c1c(Cl)cccc1Cl. The summed E-state index contributed by atoms with van der Waals surface area (Å²) in [5, 5.41) is 5.22. The predicted molar refractivity (Wildman–Crippen MR) is 88.3 cm³/mol. The van der Waals surface area contributed by atoms with E-state index in [0.29, 0.717) is 15.1 Å². The van der Waals surface area contributed by atoms with Crippen molar-refractivity contribution in [1.29, 1.82) is 0 Å². The summed E-state index contributed by atoms with van der Waals surface area (Å²) in [7, 11) is 1.87. The van der Waals surface area contributed by atoms with Gasteiger partial charge in [-0.2, -0.15) is 0 Å². The Balaban J connectivity index is 2.62. The van der Waals surface area contributed by atoms with Gasteiger partial charge < -0.3 is 5.32 Å². The van der Waals surface area contributed by atoms with Gasteiger partial charge in [0.15, 0.2) is 0 Å². The molecule has 106 valence electrons. The molecule has 0 aromatic heterocycles. The van der Waals surface area contributed by atoms with Crippen LogP contribution in [0.2, 0.25) is 15.1 Å². The zero-order valence-electron chi connectivity index (χ0n) is 11.6. The Morgan fingerprint density at radius 2 is 1.45 bits per heavy atom. The van der Waals surface area contributed by atoms with Crippen LogP contribution in [0.1, 0.15) is 28.3 Å². The molecule has 0 fully saturated rings. The second kappa shape index (κ2) is 6.36. The zero-order chi connectivity index (χ0) is 14.9. The predicted octanol–water partition coefficient (Wildman–Crippen LogP) is 5.57. The van der Waals surface area contributed by atoms with E-state index in [1.165, 1.54) is 11.1 Å². The third kappa shape index (κ3) is 2.96. The summed E-state index contributed by atoms with van der Waals surface area (Å²) in [5.74, 6) is 0. The maximum atomic E-state index is 6.40. The van der Waals surface area contributed by atoms with Crippen LogP contribution in [0.5, 0.6) is 0 Å². The van der Waals surface area contributed by atoms with Gasteiger partial charge in [0.25, 0.3) is 0 Å². The molecule has 0 saturated heterocycles. The van der Waals surface area contributed by atoms with Crippen molar-refractivity contribution in [3.63, 3.8) is 0 Å². The van der Waals surface area contributed by atoms with Crippen molar-refractivity contribution >= 4 is 34.8 Å². The summed E-state index contributed by atoms with van der Waals surface area (Å²) in [6.45, 7) is 4.11. The molecule has 1 atom stereocenters. The van der Waals surface area contributed by atoms with Gasteiger partial charge in [-0.1, -0.05) is 46.9 Å². The minimum atomic E-state index is -0.136. The van der Waals surface area contributed by atoms with E-state index >= 15 is 0 Å². The molecule has 0 saturated carbocycles. The maximum Gasteiger partial charge on any atom is 0.0618 e. The largest absolute Gasteiger partial charge is 0.309 e. The Morgan fingerprint density at radius 1 is 0.900 bits per heavy atom. The first-order valence-electron chi connectivity index (χ1n) is 6.33. The Kier molecular flexibility index (Phi) is 4.98. The monoisotopic (exact) mass is 327 g/mol. The third-order valence-corrected chi connectivity index (χ3v) is 4.49. The van der Waals surface area contributed by atoms with Crippen molar-refractivity contribution in [3.8, 4) is 0 Å². The van der Waals surface area contributed by atoms with E-state index in [9.17, 15) is 0 Å². The highest BCUT2D eigenvalue weighted by molar-refractivity contribution is 6.36. The fourth-order valence-electron chi connectivity index (χ4n) is 2.27. The van der Waals surface area contributed by atoms with Gasteiger partial charge in [-0.05, 0) is 55.8 Å². The number of halogens is 3. The molecule has 2 aromatic rings. The summed E-state index contributed by atoms with van der Waals surface area (Å²) >= 11 is 19.0. The molecule has 2 rings (SSSR count). The van der Waals surface area contributed by atoms with Gasteiger partial charge >= 0.3 is 0 Å². The van der Waals surface area contributed by atoms with Crippen molar-refractivity contribution in [2.75, 3.05) is 7.05 Å². The average molecular weight is 329 g/mol. The molecule has 0 aliphatic rings. The van der Waals surface area contributed by atoms with Crippen LogP contribution >= 0.6 is 34.8 Å². The smallest absolute Gasteiger partial charge is 0.0618 e. The first kappa shape index (κ1) is 15.7. The minimum absolute atomic E-state index is 0.136. The number of hydrogen-bond donors (Lipinski definition) is 1. The molecule has 0 spiro atoms. The summed E-state index contributed by atoms with van der Waals surface area (Å²) in [6.07, 6.45) is 0. The Labute approximate surface area is 134 Å². The summed E-state index contributed by atoms with van der Waals surface area (Å²) < 4.78 is 0. The minimum Gasteiger partial charge on any atom is -0.309 e. The molecule has 2 aromatic carbocycles. The van der Waals surface area contributed by atoms with E-state index in [0.717, 1.165) is 11.1 Å². The molecule has 4 heteroatoms. The van der Waals surface area contributed by atoms with Crippen LogP contribution in [0.25, 0.3) is 0 Å². The molecular weight excluding hydrogens is 313 g/mol. The van der Waals surface area contributed by atoms with Crippen molar-refractivity contribution in [2.45, 2.75) is 19.9 Å². The second-order valence-corrected chi connectivity index (χ2v) is 6.04. The lowest BCUT2D eigenvalue weighted by atomic mass is 9.95. The molecule has 0 bridgehead atoms. The fraction of sp³-hybridized carbons (Fsp3) is 0.250. The molecule has 1 nitrogen and oxygen atoms in total. The Bertz CT molecular complexity index is 618. The molecule has 0 radical (unpaired) electrons. The molecule has 0 amide bonds. The lowest BCUT2D eigenvalue weighted by molar-refractivity contribution is 0.691. The second-order valence-electron chi connectivity index (χ2n) is 4.82. The van der Waals surface area contributed by atoms with Gasteiger partial charge in [0.1, 0.15) is 0 Å². The fourth-order valence-corrected chi connectivity index (χ4v) is 3.21. The highest BCUT2D eigenvalue weighted by Crippen LogP contribution is 2.37. The standard InChI is InChI=1S/C16H16Cl3N/c1-9-7-11(14(19)8-10(9)2)16(20-3)15-12(17)5-4-6-13(15)18/h4-8,16,20H,1-3H3. The van der Waals surface area contributed by atoms with Crippen LogP contribution in [0.15, 0.2) is 30.3 Å². The summed E-state index contributed by atoms with van der Waals surface area (Å²) in [4.78, 5) is 0. The van der Waals surface area contributed by atoms with Crippen molar-refractivity contribution in [3.05, 3.63) is 67.7 Å². The van der Waals surface area contributed by atoms with E-state index in [2.05, 4.69) is 18.3 Å². The molecule has 1 N–H and O–H groups in total. The van der Waals surface area contributed by atoms with E-state index in [4.69, 9.17) is 34.8 Å². The van der Waals surface area contributed by atoms with Crippen LogP contribution in [0, 0.1) is 13.8 Å². The van der Waals surface area contributed by atoms with Crippen molar-refractivity contribution < 1.29 is 0 Å². The van der Waals surface area contributed by atoms with Gasteiger partial charge in [0, 0.05) is 20.6 Å².